The molecule has 1 heterocycles. The molecule has 0 spiro atoms. The standard InChI is InChI=1S/C17H22N2OS2/c1-2-12-7-9-13(10-8-12)18-16(20)11-21-17-19-14-5-3-4-6-15(14)22-17/h3-6,12-13H,2,7-11H2,1H3,(H,18,20). The van der Waals surface area contributed by atoms with E-state index in [2.05, 4.69) is 23.3 Å². The zero-order chi connectivity index (χ0) is 15.4. The molecule has 1 N–H and O–H groups in total. The number of rotatable bonds is 5. The van der Waals surface area contributed by atoms with Crippen LogP contribution in [0.3, 0.4) is 0 Å². The van der Waals surface area contributed by atoms with E-state index in [9.17, 15) is 4.79 Å². The van der Waals surface area contributed by atoms with E-state index in [1.54, 1.807) is 23.1 Å². The van der Waals surface area contributed by atoms with Crippen molar-refractivity contribution in [2.24, 2.45) is 5.92 Å². The van der Waals surface area contributed by atoms with Crippen molar-refractivity contribution in [3.05, 3.63) is 24.3 Å². The van der Waals surface area contributed by atoms with Gasteiger partial charge in [-0.3, -0.25) is 4.79 Å². The minimum absolute atomic E-state index is 0.143. The Bertz CT molecular complexity index is 599. The molecule has 0 radical (unpaired) electrons. The first-order valence-corrected chi connectivity index (χ1v) is 9.82. The predicted molar refractivity (Wildman–Crippen MR) is 94.5 cm³/mol. The molecule has 0 bridgehead atoms. The third-order valence-corrected chi connectivity index (χ3v) is 6.57. The molecule has 1 amide bonds. The summed E-state index contributed by atoms with van der Waals surface area (Å²) in [6.07, 6.45) is 6.05. The van der Waals surface area contributed by atoms with E-state index in [0.29, 0.717) is 11.8 Å². The molecule has 1 saturated carbocycles. The summed E-state index contributed by atoms with van der Waals surface area (Å²) >= 11 is 3.20. The van der Waals surface area contributed by atoms with Crippen molar-refractivity contribution in [2.45, 2.75) is 49.4 Å². The highest BCUT2D eigenvalue weighted by Gasteiger charge is 2.21. The van der Waals surface area contributed by atoms with E-state index < -0.39 is 0 Å². The van der Waals surface area contributed by atoms with Crippen LogP contribution in [0.25, 0.3) is 10.2 Å². The Morgan fingerprint density at radius 3 is 2.82 bits per heavy atom. The lowest BCUT2D eigenvalue weighted by molar-refractivity contribution is -0.119. The molecule has 3 nitrogen and oxygen atoms in total. The molecule has 0 unspecified atom stereocenters. The molecule has 0 atom stereocenters. The summed E-state index contributed by atoms with van der Waals surface area (Å²) in [5.41, 5.74) is 1.02. The zero-order valence-corrected chi connectivity index (χ0v) is 14.5. The Labute approximate surface area is 139 Å². The first-order valence-electron chi connectivity index (χ1n) is 8.02. The molecule has 1 aliphatic carbocycles. The quantitative estimate of drug-likeness (QED) is 0.820. The van der Waals surface area contributed by atoms with Crippen molar-refractivity contribution < 1.29 is 4.79 Å². The van der Waals surface area contributed by atoms with Crippen LogP contribution in [-0.2, 0) is 4.79 Å². The molecule has 0 saturated heterocycles. The van der Waals surface area contributed by atoms with Gasteiger partial charge in [-0.2, -0.15) is 0 Å². The Kier molecular flexibility index (Phi) is 5.37. The molecule has 0 aliphatic heterocycles. The second kappa shape index (κ2) is 7.47. The van der Waals surface area contributed by atoms with Gasteiger partial charge in [-0.1, -0.05) is 37.2 Å². The topological polar surface area (TPSA) is 42.0 Å². The summed E-state index contributed by atoms with van der Waals surface area (Å²) in [7, 11) is 0. The first-order chi connectivity index (χ1) is 10.7. The zero-order valence-electron chi connectivity index (χ0n) is 12.9. The van der Waals surface area contributed by atoms with Gasteiger partial charge >= 0.3 is 0 Å². The lowest BCUT2D eigenvalue weighted by atomic mass is 9.84. The predicted octanol–water partition coefficient (Wildman–Crippen LogP) is 4.47. The van der Waals surface area contributed by atoms with Gasteiger partial charge in [0.15, 0.2) is 4.34 Å². The van der Waals surface area contributed by atoms with Crippen LogP contribution in [0.2, 0.25) is 0 Å². The molecule has 5 heteroatoms. The molecule has 1 aromatic carbocycles. The van der Waals surface area contributed by atoms with Crippen molar-refractivity contribution in [1.29, 1.82) is 0 Å². The molecular formula is C17H22N2OS2. The number of carbonyl (C=O) groups is 1. The second-order valence-corrected chi connectivity index (χ2v) is 8.18. The molecule has 1 aliphatic rings. The van der Waals surface area contributed by atoms with Crippen LogP contribution < -0.4 is 5.32 Å². The van der Waals surface area contributed by atoms with E-state index in [1.807, 2.05) is 18.2 Å². The van der Waals surface area contributed by atoms with Gasteiger partial charge in [0.2, 0.25) is 5.91 Å². The molecule has 3 rings (SSSR count). The highest BCUT2D eigenvalue weighted by molar-refractivity contribution is 8.01. The Morgan fingerprint density at radius 1 is 1.32 bits per heavy atom. The normalized spacial score (nSPS) is 21.9. The minimum atomic E-state index is 0.143. The van der Waals surface area contributed by atoms with Gasteiger partial charge in [-0.25, -0.2) is 4.98 Å². The van der Waals surface area contributed by atoms with E-state index in [1.165, 1.54) is 24.0 Å². The Hall–Kier alpha value is -1.07. The number of thiazole rings is 1. The summed E-state index contributed by atoms with van der Waals surface area (Å²) in [6.45, 7) is 2.26. The highest BCUT2D eigenvalue weighted by Crippen LogP contribution is 2.29. The maximum Gasteiger partial charge on any atom is 0.230 e. The SMILES string of the molecule is CCC1CCC(NC(=O)CSc2nc3ccccc3s2)CC1. The van der Waals surface area contributed by atoms with Crippen molar-refractivity contribution >= 4 is 39.2 Å². The van der Waals surface area contributed by atoms with Gasteiger partial charge in [-0.15, -0.1) is 11.3 Å². The Balaban J connectivity index is 1.46. The van der Waals surface area contributed by atoms with Crippen molar-refractivity contribution in [3.63, 3.8) is 0 Å². The summed E-state index contributed by atoms with van der Waals surface area (Å²) in [6, 6.07) is 8.49. The van der Waals surface area contributed by atoms with Crippen molar-refractivity contribution in [2.75, 3.05) is 5.75 Å². The largest absolute Gasteiger partial charge is 0.353 e. The number of carbonyl (C=O) groups excluding carboxylic acids is 1. The van der Waals surface area contributed by atoms with Gasteiger partial charge in [0.1, 0.15) is 0 Å². The number of fused-ring (bicyclic) bond motifs is 1. The van der Waals surface area contributed by atoms with Crippen LogP contribution in [0, 0.1) is 5.92 Å². The number of benzene rings is 1. The van der Waals surface area contributed by atoms with Crippen LogP contribution >= 0.6 is 23.1 Å². The fourth-order valence-corrected chi connectivity index (χ4v) is 4.90. The van der Waals surface area contributed by atoms with E-state index >= 15 is 0 Å². The van der Waals surface area contributed by atoms with Crippen LogP contribution in [0.1, 0.15) is 39.0 Å². The van der Waals surface area contributed by atoms with Gasteiger partial charge in [0.25, 0.3) is 0 Å². The fourth-order valence-electron chi connectivity index (χ4n) is 3.02. The number of hydrogen-bond acceptors (Lipinski definition) is 4. The first kappa shape index (κ1) is 15.8. The van der Waals surface area contributed by atoms with Crippen LogP contribution in [-0.4, -0.2) is 22.7 Å². The monoisotopic (exact) mass is 334 g/mol. The third kappa shape index (κ3) is 4.02. The summed E-state index contributed by atoms with van der Waals surface area (Å²) < 4.78 is 2.16. The lowest BCUT2D eigenvalue weighted by Gasteiger charge is -2.28. The van der Waals surface area contributed by atoms with Crippen molar-refractivity contribution in [1.82, 2.24) is 10.3 Å². The summed E-state index contributed by atoms with van der Waals surface area (Å²) in [5, 5.41) is 3.18. The molecule has 1 aromatic heterocycles. The van der Waals surface area contributed by atoms with E-state index in [4.69, 9.17) is 0 Å². The minimum Gasteiger partial charge on any atom is -0.353 e. The molecule has 118 valence electrons. The second-order valence-electron chi connectivity index (χ2n) is 5.93. The number of amides is 1. The van der Waals surface area contributed by atoms with Crippen molar-refractivity contribution in [3.8, 4) is 0 Å². The fraction of sp³-hybridized carbons (Fsp3) is 0.529. The molecule has 1 fully saturated rings. The van der Waals surface area contributed by atoms with Gasteiger partial charge in [0, 0.05) is 6.04 Å². The van der Waals surface area contributed by atoms with Crippen LogP contribution in [0.15, 0.2) is 28.6 Å². The maximum atomic E-state index is 12.1. The van der Waals surface area contributed by atoms with Crippen LogP contribution in [0.5, 0.6) is 0 Å². The number of nitrogens with zero attached hydrogens (tertiary/aromatic N) is 1. The maximum absolute atomic E-state index is 12.1. The van der Waals surface area contributed by atoms with Gasteiger partial charge < -0.3 is 5.32 Å². The molecular weight excluding hydrogens is 312 g/mol. The summed E-state index contributed by atoms with van der Waals surface area (Å²) in [4.78, 5) is 16.6. The van der Waals surface area contributed by atoms with Gasteiger partial charge in [-0.05, 0) is 43.7 Å². The Morgan fingerprint density at radius 2 is 2.09 bits per heavy atom. The third-order valence-electron chi connectivity index (χ3n) is 4.39. The lowest BCUT2D eigenvalue weighted by Crippen LogP contribution is -2.38. The van der Waals surface area contributed by atoms with Gasteiger partial charge in [0.05, 0.1) is 16.0 Å². The average molecular weight is 335 g/mol. The number of nitrogens with one attached hydrogen (secondary N) is 1. The smallest absolute Gasteiger partial charge is 0.230 e. The number of hydrogen-bond donors (Lipinski definition) is 1. The molecule has 22 heavy (non-hydrogen) atoms. The van der Waals surface area contributed by atoms with E-state index in [-0.39, 0.29) is 5.91 Å². The van der Waals surface area contributed by atoms with E-state index in [0.717, 1.165) is 28.6 Å². The number of aromatic nitrogens is 1. The number of para-hydroxylation sites is 1. The number of thioether (sulfide) groups is 1. The summed E-state index contributed by atoms with van der Waals surface area (Å²) in [5.74, 6) is 1.47. The van der Waals surface area contributed by atoms with Crippen LogP contribution in [0.4, 0.5) is 0 Å². The average Bonchev–Trinajstić information content (AvgIpc) is 2.96. The highest BCUT2D eigenvalue weighted by atomic mass is 32.2. The molecule has 2 aromatic rings.